The molecule has 21 heavy (non-hydrogen) atoms. The third-order valence-corrected chi connectivity index (χ3v) is 3.87. The first-order valence-corrected chi connectivity index (χ1v) is 7.08. The molecule has 1 aliphatic heterocycles. The highest BCUT2D eigenvalue weighted by atomic mass is 32.1. The molecule has 1 saturated heterocycles. The van der Waals surface area contributed by atoms with Gasteiger partial charge in [-0.3, -0.25) is 0 Å². The van der Waals surface area contributed by atoms with Gasteiger partial charge in [0.05, 0.1) is 0 Å². The Balaban J connectivity index is 1.70. The van der Waals surface area contributed by atoms with Crippen LogP contribution in [0.4, 0.5) is 24.3 Å². The van der Waals surface area contributed by atoms with E-state index in [2.05, 4.69) is 20.2 Å². The van der Waals surface area contributed by atoms with Gasteiger partial charge in [0.1, 0.15) is 11.2 Å². The lowest BCUT2D eigenvalue weighted by atomic mass is 10.3. The van der Waals surface area contributed by atoms with Crippen molar-refractivity contribution in [3.05, 3.63) is 23.5 Å². The van der Waals surface area contributed by atoms with E-state index < -0.39 is 11.9 Å². The van der Waals surface area contributed by atoms with Gasteiger partial charge in [-0.05, 0) is 6.07 Å². The predicted molar refractivity (Wildman–Crippen MR) is 71.4 cm³/mol. The number of hydrogen-bond donors (Lipinski definition) is 0. The fraction of sp³-hybridized carbons (Fsp3) is 0.455. The van der Waals surface area contributed by atoms with Crippen LogP contribution in [-0.2, 0) is 6.18 Å². The molecule has 0 bridgehead atoms. The molecule has 6 nitrogen and oxygen atoms in total. The first kappa shape index (κ1) is 14.0. The molecule has 2 aromatic rings. The minimum Gasteiger partial charge on any atom is -0.343 e. The maximum Gasteiger partial charge on any atom is 0.433 e. The quantitative estimate of drug-likeness (QED) is 0.840. The molecule has 0 aromatic carbocycles. The Morgan fingerprint density at radius 2 is 1.81 bits per heavy atom. The van der Waals surface area contributed by atoms with Gasteiger partial charge < -0.3 is 9.80 Å². The van der Waals surface area contributed by atoms with Crippen LogP contribution in [0.1, 0.15) is 5.69 Å². The zero-order valence-electron chi connectivity index (χ0n) is 10.8. The standard InChI is InChI=1S/C11H11F3N6S/c12-11(13,14)8-1-2-15-9(17-8)19-3-5-20(6-4-19)10-18-16-7-21-10/h1-2,7H,3-6H2. The van der Waals surface area contributed by atoms with Crippen molar-refractivity contribution in [3.8, 4) is 0 Å². The number of rotatable bonds is 2. The topological polar surface area (TPSA) is 58.0 Å². The summed E-state index contributed by atoms with van der Waals surface area (Å²) in [6.07, 6.45) is -3.31. The zero-order valence-corrected chi connectivity index (χ0v) is 11.6. The van der Waals surface area contributed by atoms with Crippen LogP contribution in [0.25, 0.3) is 0 Å². The molecule has 1 aliphatic rings. The first-order chi connectivity index (χ1) is 10.0. The molecule has 3 heterocycles. The molecule has 0 saturated carbocycles. The van der Waals surface area contributed by atoms with E-state index in [0.29, 0.717) is 26.2 Å². The molecule has 0 spiro atoms. The average molecular weight is 316 g/mol. The number of anilines is 2. The van der Waals surface area contributed by atoms with Crippen molar-refractivity contribution in [2.45, 2.75) is 6.18 Å². The highest BCUT2D eigenvalue weighted by Crippen LogP contribution is 2.28. The second-order valence-electron chi connectivity index (χ2n) is 4.44. The number of aromatic nitrogens is 4. The number of halogens is 3. The van der Waals surface area contributed by atoms with Gasteiger partial charge in [0.2, 0.25) is 11.1 Å². The van der Waals surface area contributed by atoms with Gasteiger partial charge >= 0.3 is 6.18 Å². The molecular weight excluding hydrogens is 305 g/mol. The fourth-order valence-corrected chi connectivity index (χ4v) is 2.68. The molecular formula is C11H11F3N6S. The van der Waals surface area contributed by atoms with Crippen LogP contribution in [0.15, 0.2) is 17.8 Å². The Morgan fingerprint density at radius 3 is 2.43 bits per heavy atom. The highest BCUT2D eigenvalue weighted by Gasteiger charge is 2.33. The van der Waals surface area contributed by atoms with E-state index in [9.17, 15) is 13.2 Å². The van der Waals surface area contributed by atoms with E-state index in [4.69, 9.17) is 0 Å². The molecule has 0 N–H and O–H groups in total. The molecule has 3 rings (SSSR count). The van der Waals surface area contributed by atoms with Gasteiger partial charge in [0.25, 0.3) is 0 Å². The Hall–Kier alpha value is -1.97. The number of alkyl halides is 3. The van der Waals surface area contributed by atoms with Crippen molar-refractivity contribution >= 4 is 22.4 Å². The lowest BCUT2D eigenvalue weighted by Gasteiger charge is -2.34. The van der Waals surface area contributed by atoms with E-state index in [1.165, 1.54) is 11.3 Å². The molecule has 0 atom stereocenters. The van der Waals surface area contributed by atoms with Gasteiger partial charge in [0.15, 0.2) is 0 Å². The van der Waals surface area contributed by atoms with E-state index in [1.807, 2.05) is 4.90 Å². The van der Waals surface area contributed by atoms with Crippen LogP contribution in [0, 0.1) is 0 Å². The SMILES string of the molecule is FC(F)(F)c1ccnc(N2CCN(c3nncs3)CC2)n1. The van der Waals surface area contributed by atoms with Gasteiger partial charge in [-0.15, -0.1) is 10.2 Å². The molecule has 10 heteroatoms. The Labute approximate surface area is 122 Å². The number of hydrogen-bond acceptors (Lipinski definition) is 7. The minimum absolute atomic E-state index is 0.113. The molecule has 0 radical (unpaired) electrons. The van der Waals surface area contributed by atoms with Gasteiger partial charge in [0, 0.05) is 32.4 Å². The summed E-state index contributed by atoms with van der Waals surface area (Å²) >= 11 is 1.44. The molecule has 112 valence electrons. The van der Waals surface area contributed by atoms with E-state index in [0.717, 1.165) is 17.4 Å². The van der Waals surface area contributed by atoms with Crippen molar-refractivity contribution in [1.82, 2.24) is 20.2 Å². The van der Waals surface area contributed by atoms with Crippen LogP contribution in [0.5, 0.6) is 0 Å². The molecule has 1 fully saturated rings. The smallest absolute Gasteiger partial charge is 0.343 e. The van der Waals surface area contributed by atoms with Crippen LogP contribution in [0.2, 0.25) is 0 Å². The van der Waals surface area contributed by atoms with Crippen LogP contribution in [-0.4, -0.2) is 46.3 Å². The van der Waals surface area contributed by atoms with Crippen molar-refractivity contribution in [1.29, 1.82) is 0 Å². The van der Waals surface area contributed by atoms with E-state index >= 15 is 0 Å². The summed E-state index contributed by atoms with van der Waals surface area (Å²) < 4.78 is 38.0. The van der Waals surface area contributed by atoms with E-state index in [-0.39, 0.29) is 5.95 Å². The van der Waals surface area contributed by atoms with Gasteiger partial charge in [-0.2, -0.15) is 13.2 Å². The van der Waals surface area contributed by atoms with Crippen molar-refractivity contribution in [2.75, 3.05) is 36.0 Å². The third-order valence-electron chi connectivity index (χ3n) is 3.11. The summed E-state index contributed by atoms with van der Waals surface area (Å²) in [5.74, 6) is 0.113. The Bertz CT molecular complexity index is 594. The summed E-state index contributed by atoms with van der Waals surface area (Å²) in [7, 11) is 0. The normalized spacial score (nSPS) is 16.3. The second kappa shape index (κ2) is 5.43. The zero-order chi connectivity index (χ0) is 14.9. The number of piperazine rings is 1. The Morgan fingerprint density at radius 1 is 1.10 bits per heavy atom. The molecule has 2 aromatic heterocycles. The van der Waals surface area contributed by atoms with E-state index in [1.54, 1.807) is 10.4 Å². The number of nitrogens with zero attached hydrogens (tertiary/aromatic N) is 6. The maximum absolute atomic E-state index is 12.7. The lowest BCUT2D eigenvalue weighted by molar-refractivity contribution is -0.141. The summed E-state index contributed by atoms with van der Waals surface area (Å²) in [5, 5.41) is 8.58. The largest absolute Gasteiger partial charge is 0.433 e. The molecule has 0 amide bonds. The summed E-state index contributed by atoms with van der Waals surface area (Å²) in [6.45, 7) is 2.38. The Kier molecular flexibility index (Phi) is 3.62. The fourth-order valence-electron chi connectivity index (χ4n) is 2.06. The highest BCUT2D eigenvalue weighted by molar-refractivity contribution is 7.13. The third kappa shape index (κ3) is 3.04. The van der Waals surface area contributed by atoms with Crippen molar-refractivity contribution < 1.29 is 13.2 Å². The van der Waals surface area contributed by atoms with Crippen molar-refractivity contribution in [3.63, 3.8) is 0 Å². The second-order valence-corrected chi connectivity index (χ2v) is 5.25. The molecule has 0 aliphatic carbocycles. The van der Waals surface area contributed by atoms with Gasteiger partial charge in [-0.25, -0.2) is 9.97 Å². The maximum atomic E-state index is 12.7. The van der Waals surface area contributed by atoms with Crippen LogP contribution < -0.4 is 9.80 Å². The minimum atomic E-state index is -4.45. The van der Waals surface area contributed by atoms with Crippen LogP contribution >= 0.6 is 11.3 Å². The molecule has 0 unspecified atom stereocenters. The van der Waals surface area contributed by atoms with Crippen LogP contribution in [0.3, 0.4) is 0 Å². The summed E-state index contributed by atoms with van der Waals surface area (Å²) in [5.41, 5.74) is 0.733. The first-order valence-electron chi connectivity index (χ1n) is 6.20. The lowest BCUT2D eigenvalue weighted by Crippen LogP contribution is -2.47. The monoisotopic (exact) mass is 316 g/mol. The summed E-state index contributed by atoms with van der Waals surface area (Å²) in [4.78, 5) is 11.3. The van der Waals surface area contributed by atoms with Crippen molar-refractivity contribution in [2.24, 2.45) is 0 Å². The summed E-state index contributed by atoms with van der Waals surface area (Å²) in [6, 6.07) is 0.876. The predicted octanol–water partition coefficient (Wildman–Crippen LogP) is 1.67. The van der Waals surface area contributed by atoms with Gasteiger partial charge in [-0.1, -0.05) is 11.3 Å². The average Bonchev–Trinajstić information content (AvgIpc) is 3.01.